The van der Waals surface area contributed by atoms with Crippen molar-refractivity contribution < 1.29 is 9.13 Å². The average Bonchev–Trinajstić information content (AvgIpc) is 2.28. The molecule has 96 valence electrons. The SMILES string of the molecule is CCNCCC(C)(C)c1ccc(OC)cc1F. The summed E-state index contributed by atoms with van der Waals surface area (Å²) in [5.74, 6) is 0.375. The number of rotatable bonds is 6. The summed E-state index contributed by atoms with van der Waals surface area (Å²) in [7, 11) is 1.55. The molecular weight excluding hydrogens is 217 g/mol. The molecule has 1 aromatic carbocycles. The van der Waals surface area contributed by atoms with Gasteiger partial charge >= 0.3 is 0 Å². The first-order valence-corrected chi connectivity index (χ1v) is 6.06. The van der Waals surface area contributed by atoms with E-state index in [1.165, 1.54) is 6.07 Å². The maximum absolute atomic E-state index is 13.9. The highest BCUT2D eigenvalue weighted by Crippen LogP contribution is 2.30. The number of benzene rings is 1. The maximum Gasteiger partial charge on any atom is 0.130 e. The predicted molar refractivity (Wildman–Crippen MR) is 69.1 cm³/mol. The molecule has 0 bridgehead atoms. The first-order valence-electron chi connectivity index (χ1n) is 6.06. The Morgan fingerprint density at radius 1 is 1.35 bits per heavy atom. The monoisotopic (exact) mass is 239 g/mol. The third kappa shape index (κ3) is 3.70. The highest BCUT2D eigenvalue weighted by molar-refractivity contribution is 5.33. The van der Waals surface area contributed by atoms with Crippen LogP contribution < -0.4 is 10.1 Å². The molecule has 0 fully saturated rings. The Hall–Kier alpha value is -1.09. The lowest BCUT2D eigenvalue weighted by molar-refractivity contribution is 0.403. The second kappa shape index (κ2) is 6.01. The van der Waals surface area contributed by atoms with Crippen molar-refractivity contribution in [2.75, 3.05) is 20.2 Å². The van der Waals surface area contributed by atoms with Crippen LogP contribution in [0.5, 0.6) is 5.75 Å². The Kier molecular flexibility index (Phi) is 4.94. The van der Waals surface area contributed by atoms with E-state index in [-0.39, 0.29) is 11.2 Å². The summed E-state index contributed by atoms with van der Waals surface area (Å²) in [6, 6.07) is 5.08. The van der Waals surface area contributed by atoms with Crippen LogP contribution in [0.3, 0.4) is 0 Å². The molecule has 0 spiro atoms. The van der Waals surface area contributed by atoms with Crippen LogP contribution in [-0.4, -0.2) is 20.2 Å². The van der Waals surface area contributed by atoms with E-state index in [0.717, 1.165) is 25.1 Å². The third-order valence-corrected chi connectivity index (χ3v) is 3.08. The standard InChI is InChI=1S/C14H22FNO/c1-5-16-9-8-14(2,3)12-7-6-11(17-4)10-13(12)15/h6-7,10,16H,5,8-9H2,1-4H3. The topological polar surface area (TPSA) is 21.3 Å². The van der Waals surface area contributed by atoms with Gasteiger partial charge in [-0.3, -0.25) is 0 Å². The van der Waals surface area contributed by atoms with Crippen LogP contribution in [0.1, 0.15) is 32.8 Å². The van der Waals surface area contributed by atoms with E-state index in [4.69, 9.17) is 4.74 Å². The molecular formula is C14H22FNO. The Morgan fingerprint density at radius 3 is 2.59 bits per heavy atom. The van der Waals surface area contributed by atoms with E-state index in [2.05, 4.69) is 26.1 Å². The lowest BCUT2D eigenvalue weighted by Gasteiger charge is -2.26. The van der Waals surface area contributed by atoms with Gasteiger partial charge in [0.2, 0.25) is 0 Å². The first-order chi connectivity index (χ1) is 8.01. The smallest absolute Gasteiger partial charge is 0.130 e. The van der Waals surface area contributed by atoms with Gasteiger partial charge in [-0.2, -0.15) is 0 Å². The molecule has 0 aliphatic carbocycles. The van der Waals surface area contributed by atoms with Crippen LogP contribution >= 0.6 is 0 Å². The fourth-order valence-electron chi connectivity index (χ4n) is 1.88. The van der Waals surface area contributed by atoms with Gasteiger partial charge in [0.25, 0.3) is 0 Å². The van der Waals surface area contributed by atoms with Crippen molar-refractivity contribution >= 4 is 0 Å². The van der Waals surface area contributed by atoms with Crippen LogP contribution in [0.2, 0.25) is 0 Å². The normalized spacial score (nSPS) is 11.6. The van der Waals surface area contributed by atoms with Crippen LogP contribution in [0.4, 0.5) is 4.39 Å². The van der Waals surface area contributed by atoms with Crippen molar-refractivity contribution in [3.63, 3.8) is 0 Å². The van der Waals surface area contributed by atoms with Gasteiger partial charge in [0.15, 0.2) is 0 Å². The van der Waals surface area contributed by atoms with Gasteiger partial charge in [0, 0.05) is 6.07 Å². The Morgan fingerprint density at radius 2 is 2.06 bits per heavy atom. The second-order valence-corrected chi connectivity index (χ2v) is 4.83. The summed E-state index contributed by atoms with van der Waals surface area (Å²) in [6.45, 7) is 8.04. The Balaban J connectivity index is 2.82. The Labute approximate surface area is 103 Å². The van der Waals surface area contributed by atoms with Crippen molar-refractivity contribution in [2.45, 2.75) is 32.6 Å². The van der Waals surface area contributed by atoms with Crippen LogP contribution in [0.15, 0.2) is 18.2 Å². The highest BCUT2D eigenvalue weighted by atomic mass is 19.1. The zero-order chi connectivity index (χ0) is 12.9. The molecule has 0 aliphatic rings. The number of halogens is 1. The maximum atomic E-state index is 13.9. The van der Waals surface area contributed by atoms with Gasteiger partial charge in [0.05, 0.1) is 7.11 Å². The lowest BCUT2D eigenvalue weighted by Crippen LogP contribution is -2.26. The van der Waals surface area contributed by atoms with Gasteiger partial charge in [-0.25, -0.2) is 4.39 Å². The second-order valence-electron chi connectivity index (χ2n) is 4.83. The summed E-state index contributed by atoms with van der Waals surface area (Å²) in [6.07, 6.45) is 0.907. The van der Waals surface area contributed by atoms with Gasteiger partial charge in [-0.05, 0) is 36.6 Å². The highest BCUT2D eigenvalue weighted by Gasteiger charge is 2.23. The molecule has 2 nitrogen and oxygen atoms in total. The van der Waals surface area contributed by atoms with Crippen LogP contribution in [0.25, 0.3) is 0 Å². The van der Waals surface area contributed by atoms with Crippen molar-refractivity contribution in [1.29, 1.82) is 0 Å². The zero-order valence-corrected chi connectivity index (χ0v) is 11.1. The van der Waals surface area contributed by atoms with E-state index >= 15 is 0 Å². The Bertz CT molecular complexity index is 363. The first kappa shape index (κ1) is 14.0. The van der Waals surface area contributed by atoms with Crippen molar-refractivity contribution in [1.82, 2.24) is 5.32 Å². The fourth-order valence-corrected chi connectivity index (χ4v) is 1.88. The predicted octanol–water partition coefficient (Wildman–Crippen LogP) is 3.11. The molecule has 0 saturated heterocycles. The molecule has 1 rings (SSSR count). The van der Waals surface area contributed by atoms with Crippen molar-refractivity contribution in [2.24, 2.45) is 0 Å². The molecule has 0 radical (unpaired) electrons. The molecule has 3 heteroatoms. The molecule has 1 N–H and O–H groups in total. The molecule has 0 heterocycles. The zero-order valence-electron chi connectivity index (χ0n) is 11.1. The van der Waals surface area contributed by atoms with E-state index in [0.29, 0.717) is 5.75 Å². The molecule has 17 heavy (non-hydrogen) atoms. The van der Waals surface area contributed by atoms with Gasteiger partial charge in [0.1, 0.15) is 11.6 Å². The molecule has 0 unspecified atom stereocenters. The quantitative estimate of drug-likeness (QED) is 0.770. The largest absolute Gasteiger partial charge is 0.497 e. The molecule has 0 atom stereocenters. The van der Waals surface area contributed by atoms with Gasteiger partial charge in [-0.1, -0.05) is 26.8 Å². The lowest BCUT2D eigenvalue weighted by atomic mass is 9.81. The van der Waals surface area contributed by atoms with Crippen LogP contribution in [-0.2, 0) is 5.41 Å². The minimum atomic E-state index is -0.189. The summed E-state index contributed by atoms with van der Waals surface area (Å²) in [4.78, 5) is 0. The van der Waals surface area contributed by atoms with Crippen molar-refractivity contribution in [3.8, 4) is 5.75 Å². The van der Waals surface area contributed by atoms with E-state index in [1.807, 2.05) is 12.1 Å². The average molecular weight is 239 g/mol. The minimum absolute atomic E-state index is 0.168. The molecule has 0 aromatic heterocycles. The van der Waals surface area contributed by atoms with Crippen molar-refractivity contribution in [3.05, 3.63) is 29.6 Å². The number of methoxy groups -OCH3 is 1. The number of ether oxygens (including phenoxy) is 1. The number of nitrogens with one attached hydrogen (secondary N) is 1. The minimum Gasteiger partial charge on any atom is -0.497 e. The molecule has 0 saturated carbocycles. The van der Waals surface area contributed by atoms with Crippen LogP contribution in [0, 0.1) is 5.82 Å². The van der Waals surface area contributed by atoms with Gasteiger partial charge in [-0.15, -0.1) is 0 Å². The molecule has 0 aliphatic heterocycles. The summed E-state index contributed by atoms with van der Waals surface area (Å²) in [5.41, 5.74) is 0.578. The fraction of sp³-hybridized carbons (Fsp3) is 0.571. The van der Waals surface area contributed by atoms with E-state index in [1.54, 1.807) is 7.11 Å². The number of hydrogen-bond donors (Lipinski definition) is 1. The summed E-state index contributed by atoms with van der Waals surface area (Å²) in [5, 5.41) is 3.27. The van der Waals surface area contributed by atoms with E-state index < -0.39 is 0 Å². The van der Waals surface area contributed by atoms with E-state index in [9.17, 15) is 4.39 Å². The summed E-state index contributed by atoms with van der Waals surface area (Å²) >= 11 is 0. The third-order valence-electron chi connectivity index (χ3n) is 3.08. The summed E-state index contributed by atoms with van der Waals surface area (Å²) < 4.78 is 19.0. The number of hydrogen-bond acceptors (Lipinski definition) is 2. The molecule has 1 aromatic rings. The molecule has 0 amide bonds. The van der Waals surface area contributed by atoms with Gasteiger partial charge < -0.3 is 10.1 Å².